The summed E-state index contributed by atoms with van der Waals surface area (Å²) in [4.78, 5) is 4.85. The summed E-state index contributed by atoms with van der Waals surface area (Å²) < 4.78 is 1.86. The molecule has 0 radical (unpaired) electrons. The Morgan fingerprint density at radius 2 is 1.96 bits per heavy atom. The molecule has 8 heteroatoms. The van der Waals surface area contributed by atoms with E-state index in [-0.39, 0.29) is 0 Å². The number of rotatable bonds is 4. The van der Waals surface area contributed by atoms with Gasteiger partial charge in [-0.1, -0.05) is 42.1 Å². The molecule has 1 aromatic carbocycles. The molecule has 0 amide bonds. The van der Waals surface area contributed by atoms with Gasteiger partial charge in [-0.25, -0.2) is 0 Å². The fraction of sp³-hybridized carbons (Fsp3) is 0.389. The first-order valence-corrected chi connectivity index (χ1v) is 10.8. The fourth-order valence-electron chi connectivity index (χ4n) is 3.46. The second kappa shape index (κ2) is 7.09. The molecule has 0 bridgehead atoms. The van der Waals surface area contributed by atoms with Gasteiger partial charge in [-0.2, -0.15) is 9.61 Å². The molecule has 26 heavy (non-hydrogen) atoms. The molecule has 4 heterocycles. The standard InChI is InChI=1S/C18H20N6S2/c1-4-8-23(9-5-1)10-11-25-18-22-21-17-16-15(12-19-24(17)18)26-14-7-3-2-6-13(14)20-16/h2-3,6-7,12,20H,1,4-5,8-11H2. The van der Waals surface area contributed by atoms with Crippen molar-refractivity contribution in [2.24, 2.45) is 0 Å². The zero-order valence-corrected chi connectivity index (χ0v) is 16.0. The largest absolute Gasteiger partial charge is 0.350 e. The Hall–Kier alpha value is -1.77. The van der Waals surface area contributed by atoms with Crippen LogP contribution in [0.5, 0.6) is 0 Å². The minimum atomic E-state index is 0.796. The first-order valence-electron chi connectivity index (χ1n) is 9.02. The summed E-state index contributed by atoms with van der Waals surface area (Å²) in [6, 6.07) is 8.30. The number of nitrogens with one attached hydrogen (secondary N) is 1. The Bertz CT molecular complexity index is 935. The summed E-state index contributed by atoms with van der Waals surface area (Å²) in [5, 5.41) is 17.8. The number of likely N-dealkylation sites (tertiary alicyclic amines) is 1. The molecule has 0 spiro atoms. The van der Waals surface area contributed by atoms with E-state index in [1.807, 2.05) is 16.8 Å². The number of nitrogens with zero attached hydrogens (tertiary/aromatic N) is 5. The SMILES string of the molecule is c1ccc2c(c1)Nc1c(cnn3c(SCCN4CCCCC4)nnc13)S2. The van der Waals surface area contributed by atoms with Gasteiger partial charge in [0.1, 0.15) is 5.69 Å². The lowest BCUT2D eigenvalue weighted by atomic mass is 10.1. The maximum atomic E-state index is 4.59. The van der Waals surface area contributed by atoms with E-state index < -0.39 is 0 Å². The Morgan fingerprint density at radius 3 is 2.88 bits per heavy atom. The van der Waals surface area contributed by atoms with Gasteiger partial charge >= 0.3 is 0 Å². The molecule has 5 rings (SSSR count). The summed E-state index contributed by atoms with van der Waals surface area (Å²) in [5.41, 5.74) is 2.91. The molecule has 1 fully saturated rings. The molecular weight excluding hydrogens is 364 g/mol. The third-order valence-electron chi connectivity index (χ3n) is 4.83. The van der Waals surface area contributed by atoms with Crippen molar-refractivity contribution in [3.63, 3.8) is 0 Å². The van der Waals surface area contributed by atoms with Crippen LogP contribution < -0.4 is 5.32 Å². The molecular formula is C18H20N6S2. The van der Waals surface area contributed by atoms with Crippen molar-refractivity contribution in [1.82, 2.24) is 24.7 Å². The average Bonchev–Trinajstić information content (AvgIpc) is 3.11. The normalized spacial score (nSPS) is 16.9. The highest BCUT2D eigenvalue weighted by atomic mass is 32.2. The quantitative estimate of drug-likeness (QED) is 0.535. The molecule has 2 aliphatic rings. The fourth-order valence-corrected chi connectivity index (χ4v) is 5.30. The molecule has 3 aromatic rings. The summed E-state index contributed by atoms with van der Waals surface area (Å²) in [6.07, 6.45) is 5.95. The van der Waals surface area contributed by atoms with E-state index in [0.717, 1.165) is 39.4 Å². The number of para-hydroxylation sites is 1. The van der Waals surface area contributed by atoms with Crippen LogP contribution in [0.1, 0.15) is 19.3 Å². The molecule has 2 aromatic heterocycles. The van der Waals surface area contributed by atoms with Gasteiger partial charge in [-0.05, 0) is 38.1 Å². The maximum Gasteiger partial charge on any atom is 0.212 e. The lowest BCUT2D eigenvalue weighted by Crippen LogP contribution is -2.31. The third kappa shape index (κ3) is 3.06. The summed E-state index contributed by atoms with van der Waals surface area (Å²) in [7, 11) is 0. The zero-order chi connectivity index (χ0) is 17.3. The van der Waals surface area contributed by atoms with E-state index >= 15 is 0 Å². The lowest BCUT2D eigenvalue weighted by Gasteiger charge is -2.25. The van der Waals surface area contributed by atoms with Crippen LogP contribution in [0.3, 0.4) is 0 Å². The number of aromatic nitrogens is 4. The monoisotopic (exact) mass is 384 g/mol. The van der Waals surface area contributed by atoms with Crippen molar-refractivity contribution < 1.29 is 0 Å². The summed E-state index contributed by atoms with van der Waals surface area (Å²) in [5.74, 6) is 1.02. The van der Waals surface area contributed by atoms with Gasteiger partial charge in [-0.3, -0.25) is 0 Å². The number of fused-ring (bicyclic) bond motifs is 4. The Balaban J connectivity index is 1.35. The van der Waals surface area contributed by atoms with Gasteiger partial charge in [0.15, 0.2) is 0 Å². The molecule has 0 atom stereocenters. The topological polar surface area (TPSA) is 58.4 Å². The molecule has 0 unspecified atom stereocenters. The molecule has 0 saturated carbocycles. The first-order chi connectivity index (χ1) is 12.9. The number of hydrogen-bond donors (Lipinski definition) is 1. The second-order valence-electron chi connectivity index (χ2n) is 6.58. The van der Waals surface area contributed by atoms with Crippen LogP contribution in [0.2, 0.25) is 0 Å². The van der Waals surface area contributed by atoms with Crippen LogP contribution in [-0.4, -0.2) is 50.1 Å². The highest BCUT2D eigenvalue weighted by Crippen LogP contribution is 2.44. The summed E-state index contributed by atoms with van der Waals surface area (Å²) >= 11 is 3.46. The molecule has 1 N–H and O–H groups in total. The average molecular weight is 385 g/mol. The zero-order valence-electron chi connectivity index (χ0n) is 14.4. The van der Waals surface area contributed by atoms with Gasteiger partial charge in [0.2, 0.25) is 10.8 Å². The Kier molecular flexibility index (Phi) is 4.48. The van der Waals surface area contributed by atoms with Gasteiger partial charge in [-0.15, -0.1) is 10.2 Å². The van der Waals surface area contributed by atoms with Gasteiger partial charge < -0.3 is 10.2 Å². The first kappa shape index (κ1) is 16.4. The number of anilines is 2. The predicted octanol–water partition coefficient (Wildman–Crippen LogP) is 3.91. The van der Waals surface area contributed by atoms with E-state index in [0.29, 0.717) is 0 Å². The number of thioether (sulfide) groups is 1. The van der Waals surface area contributed by atoms with Gasteiger partial charge in [0.05, 0.1) is 16.8 Å². The van der Waals surface area contributed by atoms with Crippen molar-refractivity contribution in [2.75, 3.05) is 30.7 Å². The Morgan fingerprint density at radius 1 is 1.08 bits per heavy atom. The number of benzene rings is 1. The molecule has 2 aliphatic heterocycles. The van der Waals surface area contributed by atoms with Crippen LogP contribution >= 0.6 is 23.5 Å². The number of piperidine rings is 1. The van der Waals surface area contributed by atoms with E-state index in [4.69, 9.17) is 0 Å². The second-order valence-corrected chi connectivity index (χ2v) is 8.72. The molecule has 0 aliphatic carbocycles. The minimum Gasteiger partial charge on any atom is -0.350 e. The summed E-state index contributed by atoms with van der Waals surface area (Å²) in [6.45, 7) is 3.56. The molecule has 6 nitrogen and oxygen atoms in total. The van der Waals surface area contributed by atoms with Gasteiger partial charge in [0.25, 0.3) is 0 Å². The van der Waals surface area contributed by atoms with Crippen LogP contribution in [-0.2, 0) is 0 Å². The third-order valence-corrected chi connectivity index (χ3v) is 6.83. The van der Waals surface area contributed by atoms with Crippen molar-refractivity contribution in [3.8, 4) is 0 Å². The Labute approximate surface area is 160 Å². The van der Waals surface area contributed by atoms with Crippen LogP contribution in [0.25, 0.3) is 5.65 Å². The molecule has 134 valence electrons. The maximum absolute atomic E-state index is 4.59. The van der Waals surface area contributed by atoms with E-state index in [9.17, 15) is 0 Å². The minimum absolute atomic E-state index is 0.796. The smallest absolute Gasteiger partial charge is 0.212 e. The lowest BCUT2D eigenvalue weighted by molar-refractivity contribution is 0.242. The van der Waals surface area contributed by atoms with Crippen molar-refractivity contribution in [3.05, 3.63) is 30.5 Å². The van der Waals surface area contributed by atoms with E-state index in [2.05, 4.69) is 43.7 Å². The van der Waals surface area contributed by atoms with Crippen LogP contribution in [0, 0.1) is 0 Å². The predicted molar refractivity (Wildman–Crippen MR) is 106 cm³/mol. The molecule has 1 saturated heterocycles. The van der Waals surface area contributed by atoms with Crippen molar-refractivity contribution in [2.45, 2.75) is 34.2 Å². The van der Waals surface area contributed by atoms with Gasteiger partial charge in [0, 0.05) is 17.2 Å². The van der Waals surface area contributed by atoms with E-state index in [1.165, 1.54) is 37.2 Å². The van der Waals surface area contributed by atoms with E-state index in [1.54, 1.807) is 23.5 Å². The number of hydrogen-bond acceptors (Lipinski definition) is 7. The highest BCUT2D eigenvalue weighted by molar-refractivity contribution is 7.99. The van der Waals surface area contributed by atoms with Crippen molar-refractivity contribution >= 4 is 40.5 Å². The highest BCUT2D eigenvalue weighted by Gasteiger charge is 2.21. The van der Waals surface area contributed by atoms with Crippen LogP contribution in [0.15, 0.2) is 45.4 Å². The van der Waals surface area contributed by atoms with Crippen LogP contribution in [0.4, 0.5) is 11.4 Å². The van der Waals surface area contributed by atoms with Crippen molar-refractivity contribution in [1.29, 1.82) is 0 Å².